The van der Waals surface area contributed by atoms with Crippen molar-refractivity contribution in [3.8, 4) is 0 Å². The van der Waals surface area contributed by atoms with Crippen molar-refractivity contribution < 1.29 is 9.90 Å². The first-order valence-electron chi connectivity index (χ1n) is 6.46. The summed E-state index contributed by atoms with van der Waals surface area (Å²) in [4.78, 5) is 16.3. The van der Waals surface area contributed by atoms with E-state index in [-0.39, 0.29) is 12.3 Å². The molecule has 2 atom stereocenters. The monoisotopic (exact) mass is 256 g/mol. The number of nitrogens with one attached hydrogen (secondary N) is 1. The number of pyridine rings is 1. The number of carbonyl (C=O) groups is 1. The highest BCUT2D eigenvalue weighted by Gasteiger charge is 2.48. The van der Waals surface area contributed by atoms with Crippen LogP contribution in [0.2, 0.25) is 0 Å². The van der Waals surface area contributed by atoms with Crippen LogP contribution in [0.4, 0.5) is 0 Å². The number of aliphatic hydroxyl groups is 1. The standard InChI is InChI=1S/C15H16N2O2/c1-10-5-6-13-12(8-10)15(19,14(18)17-13)9-11-4-2-3-7-16-11/h2-4,6-8,10,19H,5,9H2,1H3,(H,17,18). The summed E-state index contributed by atoms with van der Waals surface area (Å²) in [5.41, 5.74) is 0.665. The van der Waals surface area contributed by atoms with Gasteiger partial charge in [-0.1, -0.05) is 25.1 Å². The fraction of sp³-hybridized carbons (Fsp3) is 0.333. The minimum absolute atomic E-state index is 0.204. The molecule has 2 unspecified atom stereocenters. The number of rotatable bonds is 2. The highest BCUT2D eigenvalue weighted by molar-refractivity contribution is 5.96. The minimum atomic E-state index is -1.49. The lowest BCUT2D eigenvalue weighted by Gasteiger charge is -2.23. The van der Waals surface area contributed by atoms with E-state index >= 15 is 0 Å². The van der Waals surface area contributed by atoms with Crippen LogP contribution >= 0.6 is 0 Å². The lowest BCUT2D eigenvalue weighted by molar-refractivity contribution is -0.132. The van der Waals surface area contributed by atoms with Crippen molar-refractivity contribution in [2.24, 2.45) is 5.92 Å². The van der Waals surface area contributed by atoms with Crippen LogP contribution < -0.4 is 5.32 Å². The molecule has 2 heterocycles. The largest absolute Gasteiger partial charge is 0.375 e. The summed E-state index contributed by atoms with van der Waals surface area (Å²) < 4.78 is 0. The zero-order chi connectivity index (χ0) is 13.5. The second-order valence-corrected chi connectivity index (χ2v) is 5.22. The minimum Gasteiger partial charge on any atom is -0.375 e. The van der Waals surface area contributed by atoms with Crippen LogP contribution in [-0.4, -0.2) is 21.6 Å². The van der Waals surface area contributed by atoms with Crippen molar-refractivity contribution in [1.82, 2.24) is 10.3 Å². The second-order valence-electron chi connectivity index (χ2n) is 5.22. The summed E-state index contributed by atoms with van der Waals surface area (Å²) in [6.45, 7) is 2.07. The first-order valence-corrected chi connectivity index (χ1v) is 6.46. The Morgan fingerprint density at radius 3 is 3.11 bits per heavy atom. The van der Waals surface area contributed by atoms with E-state index in [0.29, 0.717) is 17.2 Å². The summed E-state index contributed by atoms with van der Waals surface area (Å²) in [6.07, 6.45) is 6.72. The van der Waals surface area contributed by atoms with Gasteiger partial charge in [0, 0.05) is 29.6 Å². The number of hydrogen-bond acceptors (Lipinski definition) is 3. The molecule has 0 aromatic carbocycles. The van der Waals surface area contributed by atoms with Gasteiger partial charge in [-0.25, -0.2) is 0 Å². The van der Waals surface area contributed by atoms with Gasteiger partial charge in [-0.3, -0.25) is 9.78 Å². The number of allylic oxidation sites excluding steroid dienone is 2. The van der Waals surface area contributed by atoms with E-state index in [1.807, 2.05) is 30.4 Å². The normalized spacial score (nSPS) is 29.4. The lowest BCUT2D eigenvalue weighted by atomic mass is 9.84. The van der Waals surface area contributed by atoms with Crippen LogP contribution in [0.1, 0.15) is 19.0 Å². The van der Waals surface area contributed by atoms with Gasteiger partial charge < -0.3 is 10.4 Å². The average Bonchev–Trinajstić information content (AvgIpc) is 2.64. The molecule has 1 amide bonds. The average molecular weight is 256 g/mol. The van der Waals surface area contributed by atoms with Gasteiger partial charge >= 0.3 is 0 Å². The van der Waals surface area contributed by atoms with Crippen LogP contribution in [0.15, 0.2) is 47.8 Å². The maximum absolute atomic E-state index is 12.1. The Kier molecular flexibility index (Phi) is 2.75. The van der Waals surface area contributed by atoms with Crippen molar-refractivity contribution in [3.63, 3.8) is 0 Å². The van der Waals surface area contributed by atoms with E-state index in [2.05, 4.69) is 17.2 Å². The van der Waals surface area contributed by atoms with E-state index in [1.54, 1.807) is 6.20 Å². The quantitative estimate of drug-likeness (QED) is 0.839. The molecule has 0 radical (unpaired) electrons. The van der Waals surface area contributed by atoms with Gasteiger partial charge in [-0.2, -0.15) is 0 Å². The fourth-order valence-electron chi connectivity index (χ4n) is 2.62. The van der Waals surface area contributed by atoms with Crippen molar-refractivity contribution in [2.45, 2.75) is 25.4 Å². The van der Waals surface area contributed by atoms with Gasteiger partial charge in [0.2, 0.25) is 0 Å². The molecule has 4 heteroatoms. The summed E-state index contributed by atoms with van der Waals surface area (Å²) in [6, 6.07) is 5.49. The van der Waals surface area contributed by atoms with Crippen molar-refractivity contribution in [1.29, 1.82) is 0 Å². The van der Waals surface area contributed by atoms with Crippen molar-refractivity contribution in [2.75, 3.05) is 0 Å². The van der Waals surface area contributed by atoms with Gasteiger partial charge in [-0.05, 0) is 24.5 Å². The van der Waals surface area contributed by atoms with Crippen LogP contribution in [0.25, 0.3) is 0 Å². The molecule has 4 nitrogen and oxygen atoms in total. The number of carbonyl (C=O) groups excluding carboxylic acids is 1. The molecule has 2 N–H and O–H groups in total. The Morgan fingerprint density at radius 1 is 1.53 bits per heavy atom. The Labute approximate surface area is 111 Å². The fourth-order valence-corrected chi connectivity index (χ4v) is 2.62. The molecule has 1 saturated heterocycles. The molecular weight excluding hydrogens is 240 g/mol. The van der Waals surface area contributed by atoms with Crippen molar-refractivity contribution in [3.05, 3.63) is 53.5 Å². The molecule has 0 spiro atoms. The molecule has 2 aliphatic rings. The first-order chi connectivity index (χ1) is 9.09. The smallest absolute Gasteiger partial charge is 0.261 e. The van der Waals surface area contributed by atoms with E-state index < -0.39 is 5.60 Å². The van der Waals surface area contributed by atoms with Gasteiger partial charge in [0.15, 0.2) is 5.60 Å². The summed E-state index contributed by atoms with van der Waals surface area (Å²) in [5, 5.41) is 13.5. The van der Waals surface area contributed by atoms with Gasteiger partial charge in [0.1, 0.15) is 0 Å². The van der Waals surface area contributed by atoms with E-state index in [1.165, 1.54) is 0 Å². The highest BCUT2D eigenvalue weighted by Crippen LogP contribution is 2.37. The molecule has 1 fully saturated rings. The van der Waals surface area contributed by atoms with Gasteiger partial charge in [0.05, 0.1) is 0 Å². The lowest BCUT2D eigenvalue weighted by Crippen LogP contribution is -2.41. The topological polar surface area (TPSA) is 62.2 Å². The Balaban J connectivity index is 1.98. The van der Waals surface area contributed by atoms with E-state index in [0.717, 1.165) is 12.1 Å². The van der Waals surface area contributed by atoms with E-state index in [4.69, 9.17) is 0 Å². The second kappa shape index (κ2) is 4.31. The number of amides is 1. The molecule has 0 bridgehead atoms. The Bertz CT molecular complexity index is 577. The molecule has 1 aliphatic carbocycles. The first kappa shape index (κ1) is 12.1. The third-order valence-corrected chi connectivity index (χ3v) is 3.67. The molecule has 0 saturated carbocycles. The summed E-state index contributed by atoms with van der Waals surface area (Å²) in [7, 11) is 0. The third kappa shape index (κ3) is 1.98. The van der Waals surface area contributed by atoms with Gasteiger partial charge in [0.25, 0.3) is 5.91 Å². The van der Waals surface area contributed by atoms with Crippen LogP contribution in [0.3, 0.4) is 0 Å². The maximum Gasteiger partial charge on any atom is 0.261 e. The van der Waals surface area contributed by atoms with Crippen LogP contribution in [0.5, 0.6) is 0 Å². The molecule has 1 aromatic heterocycles. The zero-order valence-corrected chi connectivity index (χ0v) is 10.8. The third-order valence-electron chi connectivity index (χ3n) is 3.67. The number of fused-ring (bicyclic) bond motifs is 1. The van der Waals surface area contributed by atoms with Crippen LogP contribution in [-0.2, 0) is 11.2 Å². The Hall–Kier alpha value is -1.94. The predicted molar refractivity (Wildman–Crippen MR) is 71.0 cm³/mol. The predicted octanol–water partition coefficient (Wildman–Crippen LogP) is 1.34. The summed E-state index contributed by atoms with van der Waals surface area (Å²) in [5.74, 6) is -0.0218. The van der Waals surface area contributed by atoms with Crippen LogP contribution in [0, 0.1) is 5.92 Å². The molecule has 19 heavy (non-hydrogen) atoms. The van der Waals surface area contributed by atoms with E-state index in [9.17, 15) is 9.90 Å². The zero-order valence-electron chi connectivity index (χ0n) is 10.8. The molecule has 3 rings (SSSR count). The van der Waals surface area contributed by atoms with Gasteiger partial charge in [-0.15, -0.1) is 0 Å². The molecular formula is C15H16N2O2. The highest BCUT2D eigenvalue weighted by atomic mass is 16.3. The van der Waals surface area contributed by atoms with Crippen molar-refractivity contribution >= 4 is 5.91 Å². The molecule has 1 aliphatic heterocycles. The summed E-state index contributed by atoms with van der Waals surface area (Å²) >= 11 is 0. The number of hydrogen-bond donors (Lipinski definition) is 2. The molecule has 98 valence electrons. The Morgan fingerprint density at radius 2 is 2.37 bits per heavy atom. The maximum atomic E-state index is 12.1. The SMILES string of the molecule is CC1C=C2C(=CC1)NC(=O)C2(O)Cc1ccccn1. The number of nitrogens with zero attached hydrogens (tertiary/aromatic N) is 1. The molecule has 1 aromatic rings. The number of aromatic nitrogens is 1.